The van der Waals surface area contributed by atoms with Crippen molar-refractivity contribution in [1.29, 1.82) is 0 Å². The highest BCUT2D eigenvalue weighted by atomic mass is 16.2. The lowest BCUT2D eigenvalue weighted by molar-refractivity contribution is -0.118. The van der Waals surface area contributed by atoms with Gasteiger partial charge < -0.3 is 21.3 Å². The van der Waals surface area contributed by atoms with E-state index >= 15 is 0 Å². The van der Waals surface area contributed by atoms with Gasteiger partial charge in [-0.25, -0.2) is 4.79 Å². The van der Waals surface area contributed by atoms with Crippen molar-refractivity contribution in [2.24, 2.45) is 0 Å². The van der Waals surface area contributed by atoms with Crippen molar-refractivity contribution >= 4 is 23.5 Å². The van der Waals surface area contributed by atoms with E-state index in [2.05, 4.69) is 21.3 Å². The second-order valence-electron chi connectivity index (χ2n) is 6.13. The van der Waals surface area contributed by atoms with E-state index in [0.717, 1.165) is 6.42 Å². The van der Waals surface area contributed by atoms with Gasteiger partial charge in [0.05, 0.1) is 0 Å². The molecule has 0 spiro atoms. The Morgan fingerprint density at radius 1 is 1.00 bits per heavy atom. The van der Waals surface area contributed by atoms with Crippen LogP contribution >= 0.6 is 0 Å². The van der Waals surface area contributed by atoms with Crippen molar-refractivity contribution in [1.82, 2.24) is 16.0 Å². The van der Waals surface area contributed by atoms with Gasteiger partial charge in [0.25, 0.3) is 5.91 Å². The quantitative estimate of drug-likeness (QED) is 0.573. The number of benzene rings is 1. The average molecular weight is 334 g/mol. The SMILES string of the molecule is CCC(C)(C)NC(=O)c1ccc(NC(=O)NCCNC(C)=O)cc1. The second-order valence-corrected chi connectivity index (χ2v) is 6.13. The van der Waals surface area contributed by atoms with Crippen LogP contribution in [0.4, 0.5) is 10.5 Å². The van der Waals surface area contributed by atoms with Gasteiger partial charge in [-0.2, -0.15) is 0 Å². The number of rotatable bonds is 7. The number of amides is 4. The summed E-state index contributed by atoms with van der Waals surface area (Å²) in [5.41, 5.74) is 0.855. The summed E-state index contributed by atoms with van der Waals surface area (Å²) in [5.74, 6) is -0.287. The maximum absolute atomic E-state index is 12.1. The van der Waals surface area contributed by atoms with Crippen LogP contribution in [0, 0.1) is 0 Å². The topological polar surface area (TPSA) is 99.3 Å². The zero-order valence-electron chi connectivity index (χ0n) is 14.7. The Bertz CT molecular complexity index is 582. The van der Waals surface area contributed by atoms with E-state index in [0.29, 0.717) is 24.3 Å². The normalized spacial score (nSPS) is 10.7. The standard InChI is InChI=1S/C17H26N4O3/c1-5-17(3,4)21-15(23)13-6-8-14(9-7-13)20-16(24)19-11-10-18-12(2)22/h6-9H,5,10-11H2,1-4H3,(H,18,22)(H,21,23)(H2,19,20,24). The van der Waals surface area contributed by atoms with Gasteiger partial charge in [-0.1, -0.05) is 6.92 Å². The van der Waals surface area contributed by atoms with Crippen LogP contribution in [0.5, 0.6) is 0 Å². The third-order valence-electron chi connectivity index (χ3n) is 3.53. The Balaban J connectivity index is 2.48. The molecule has 4 amide bonds. The van der Waals surface area contributed by atoms with Crippen LogP contribution in [0.1, 0.15) is 44.5 Å². The fraction of sp³-hybridized carbons (Fsp3) is 0.471. The summed E-state index contributed by atoms with van der Waals surface area (Å²) >= 11 is 0. The summed E-state index contributed by atoms with van der Waals surface area (Å²) in [6, 6.07) is 6.29. The number of urea groups is 1. The van der Waals surface area contributed by atoms with Crippen molar-refractivity contribution < 1.29 is 14.4 Å². The highest BCUT2D eigenvalue weighted by molar-refractivity contribution is 5.96. The van der Waals surface area contributed by atoms with E-state index in [-0.39, 0.29) is 23.4 Å². The van der Waals surface area contributed by atoms with E-state index in [1.807, 2.05) is 20.8 Å². The van der Waals surface area contributed by atoms with Gasteiger partial charge in [0, 0.05) is 36.8 Å². The molecule has 1 rings (SSSR count). The Morgan fingerprint density at radius 3 is 2.12 bits per heavy atom. The molecule has 7 nitrogen and oxygen atoms in total. The summed E-state index contributed by atoms with van der Waals surface area (Å²) in [7, 11) is 0. The molecule has 4 N–H and O–H groups in total. The number of hydrogen-bond donors (Lipinski definition) is 4. The lowest BCUT2D eigenvalue weighted by Crippen LogP contribution is -2.42. The minimum absolute atomic E-state index is 0.141. The van der Waals surface area contributed by atoms with Gasteiger partial charge in [-0.3, -0.25) is 9.59 Å². The largest absolute Gasteiger partial charge is 0.355 e. The van der Waals surface area contributed by atoms with Crippen molar-refractivity contribution in [2.75, 3.05) is 18.4 Å². The molecule has 0 aromatic heterocycles. The lowest BCUT2D eigenvalue weighted by Gasteiger charge is -2.24. The molecule has 0 heterocycles. The monoisotopic (exact) mass is 334 g/mol. The molecule has 0 unspecified atom stereocenters. The molecular formula is C17H26N4O3. The summed E-state index contributed by atoms with van der Waals surface area (Å²) in [6.45, 7) is 8.06. The molecule has 0 aliphatic heterocycles. The van der Waals surface area contributed by atoms with Crippen molar-refractivity contribution in [3.63, 3.8) is 0 Å². The molecule has 0 atom stereocenters. The lowest BCUT2D eigenvalue weighted by atomic mass is 10.0. The molecule has 0 saturated carbocycles. The van der Waals surface area contributed by atoms with E-state index in [9.17, 15) is 14.4 Å². The molecule has 7 heteroatoms. The van der Waals surface area contributed by atoms with Crippen LogP contribution in [-0.2, 0) is 4.79 Å². The first kappa shape index (κ1) is 19.5. The highest BCUT2D eigenvalue weighted by Crippen LogP contribution is 2.12. The summed E-state index contributed by atoms with van der Waals surface area (Å²) in [5, 5.41) is 10.8. The van der Waals surface area contributed by atoms with Crippen LogP contribution in [0.15, 0.2) is 24.3 Å². The van der Waals surface area contributed by atoms with Gasteiger partial charge in [0.2, 0.25) is 5.91 Å². The molecule has 0 radical (unpaired) electrons. The summed E-state index contributed by atoms with van der Waals surface area (Å²) in [6.07, 6.45) is 0.830. The minimum atomic E-state index is -0.371. The Morgan fingerprint density at radius 2 is 1.58 bits per heavy atom. The summed E-state index contributed by atoms with van der Waals surface area (Å²) in [4.78, 5) is 34.5. The number of nitrogens with one attached hydrogen (secondary N) is 4. The summed E-state index contributed by atoms with van der Waals surface area (Å²) < 4.78 is 0. The molecule has 1 aromatic carbocycles. The van der Waals surface area contributed by atoms with Crippen LogP contribution in [0.3, 0.4) is 0 Å². The van der Waals surface area contributed by atoms with Gasteiger partial charge in [0.1, 0.15) is 0 Å². The second kappa shape index (κ2) is 8.90. The maximum Gasteiger partial charge on any atom is 0.319 e. The Labute approximate surface area is 142 Å². The predicted molar refractivity (Wildman–Crippen MR) is 94.0 cm³/mol. The number of hydrogen-bond acceptors (Lipinski definition) is 3. The zero-order valence-corrected chi connectivity index (χ0v) is 14.7. The molecular weight excluding hydrogens is 308 g/mol. The highest BCUT2D eigenvalue weighted by Gasteiger charge is 2.18. The maximum atomic E-state index is 12.1. The van der Waals surface area contributed by atoms with Crippen LogP contribution in [0.2, 0.25) is 0 Å². The van der Waals surface area contributed by atoms with E-state index < -0.39 is 0 Å². The van der Waals surface area contributed by atoms with Gasteiger partial charge in [-0.05, 0) is 44.5 Å². The first-order valence-electron chi connectivity index (χ1n) is 7.95. The van der Waals surface area contributed by atoms with Crippen LogP contribution < -0.4 is 21.3 Å². The third kappa shape index (κ3) is 7.13. The molecule has 0 saturated heterocycles. The molecule has 0 aliphatic carbocycles. The molecule has 132 valence electrons. The van der Waals surface area contributed by atoms with Crippen LogP contribution in [-0.4, -0.2) is 36.5 Å². The van der Waals surface area contributed by atoms with E-state index in [1.54, 1.807) is 24.3 Å². The number of carbonyl (C=O) groups is 3. The van der Waals surface area contributed by atoms with Crippen LogP contribution in [0.25, 0.3) is 0 Å². The first-order valence-corrected chi connectivity index (χ1v) is 7.95. The fourth-order valence-electron chi connectivity index (χ4n) is 1.76. The molecule has 1 aromatic rings. The van der Waals surface area contributed by atoms with Gasteiger partial charge >= 0.3 is 6.03 Å². The average Bonchev–Trinajstić information content (AvgIpc) is 2.51. The molecule has 24 heavy (non-hydrogen) atoms. The van der Waals surface area contributed by atoms with E-state index in [1.165, 1.54) is 6.92 Å². The van der Waals surface area contributed by atoms with Gasteiger partial charge in [0.15, 0.2) is 0 Å². The van der Waals surface area contributed by atoms with Crippen molar-refractivity contribution in [3.05, 3.63) is 29.8 Å². The predicted octanol–water partition coefficient (Wildman–Crippen LogP) is 1.86. The Kier molecular flexibility index (Phi) is 7.23. The molecule has 0 aliphatic rings. The Hall–Kier alpha value is -2.57. The fourth-order valence-corrected chi connectivity index (χ4v) is 1.76. The smallest absolute Gasteiger partial charge is 0.319 e. The van der Waals surface area contributed by atoms with Gasteiger partial charge in [-0.15, -0.1) is 0 Å². The minimum Gasteiger partial charge on any atom is -0.355 e. The number of carbonyl (C=O) groups excluding carboxylic acids is 3. The third-order valence-corrected chi connectivity index (χ3v) is 3.53. The van der Waals surface area contributed by atoms with Crippen molar-refractivity contribution in [2.45, 2.75) is 39.7 Å². The van der Waals surface area contributed by atoms with E-state index in [4.69, 9.17) is 0 Å². The zero-order chi connectivity index (χ0) is 18.2. The number of anilines is 1. The molecule has 0 fully saturated rings. The van der Waals surface area contributed by atoms with Crippen molar-refractivity contribution in [3.8, 4) is 0 Å². The first-order chi connectivity index (χ1) is 11.2. The molecule has 0 bridgehead atoms.